The van der Waals surface area contributed by atoms with Crippen LogP contribution in [0.2, 0.25) is 5.02 Å². The predicted molar refractivity (Wildman–Crippen MR) is 96.1 cm³/mol. The molecule has 0 aliphatic rings. The molecule has 2 aromatic heterocycles. The number of aryl methyl sites for hydroxylation is 2. The van der Waals surface area contributed by atoms with Gasteiger partial charge in [0.2, 0.25) is 5.82 Å². The van der Waals surface area contributed by atoms with E-state index in [1.807, 2.05) is 19.9 Å². The number of aromatic hydroxyl groups is 1. The van der Waals surface area contributed by atoms with Gasteiger partial charge in [0.05, 0.1) is 10.7 Å². The zero-order valence-electron chi connectivity index (χ0n) is 13.2. The van der Waals surface area contributed by atoms with Crippen molar-refractivity contribution in [2.24, 2.45) is 5.10 Å². The number of phenols is 1. The van der Waals surface area contributed by atoms with Crippen LogP contribution >= 0.6 is 27.5 Å². The summed E-state index contributed by atoms with van der Waals surface area (Å²) in [6.07, 6.45) is 1.27. The molecule has 0 bridgehead atoms. The molecule has 1 aromatic carbocycles. The monoisotopic (exact) mass is 422 g/mol. The summed E-state index contributed by atoms with van der Waals surface area (Å²) < 4.78 is 1.90. The molecule has 3 rings (SSSR count). The van der Waals surface area contributed by atoms with Gasteiger partial charge in [0.1, 0.15) is 5.75 Å². The van der Waals surface area contributed by atoms with Crippen LogP contribution in [0, 0.1) is 13.8 Å². The molecule has 0 radical (unpaired) electrons. The molecule has 0 aliphatic carbocycles. The van der Waals surface area contributed by atoms with E-state index in [4.69, 9.17) is 11.6 Å². The Hall–Kier alpha value is -2.52. The summed E-state index contributed by atoms with van der Waals surface area (Å²) in [5.74, 6) is -0.360. The van der Waals surface area contributed by atoms with E-state index in [1.54, 1.807) is 6.07 Å². The van der Waals surface area contributed by atoms with Crippen molar-refractivity contribution in [1.29, 1.82) is 0 Å². The van der Waals surface area contributed by atoms with E-state index in [2.05, 4.69) is 41.5 Å². The Kier molecular flexibility index (Phi) is 4.69. The minimum Gasteiger partial charge on any atom is -0.506 e. The number of aromatic nitrogens is 4. The van der Waals surface area contributed by atoms with Gasteiger partial charge in [0.15, 0.2) is 0 Å². The molecule has 1 amide bonds. The largest absolute Gasteiger partial charge is 0.506 e. The van der Waals surface area contributed by atoms with Crippen molar-refractivity contribution < 1.29 is 9.90 Å². The second-order valence-corrected chi connectivity index (χ2v) is 6.50. The number of nitrogens with one attached hydrogen (secondary N) is 1. The van der Waals surface area contributed by atoms with Crippen molar-refractivity contribution in [3.8, 4) is 5.75 Å². The van der Waals surface area contributed by atoms with Crippen LogP contribution in [0.4, 0.5) is 0 Å². The number of hydrazone groups is 1. The average molecular weight is 424 g/mol. The highest BCUT2D eigenvalue weighted by Gasteiger charge is 2.14. The number of nitrogens with zero attached hydrogens (tertiary/aromatic N) is 5. The Morgan fingerprint density at radius 1 is 1.36 bits per heavy atom. The Morgan fingerprint density at radius 3 is 2.88 bits per heavy atom. The smallest absolute Gasteiger partial charge is 0.311 e. The summed E-state index contributed by atoms with van der Waals surface area (Å²) >= 11 is 9.09. The van der Waals surface area contributed by atoms with Crippen molar-refractivity contribution in [2.75, 3.05) is 0 Å². The van der Waals surface area contributed by atoms with Crippen molar-refractivity contribution in [1.82, 2.24) is 25.0 Å². The Bertz CT molecular complexity index is 1020. The lowest BCUT2D eigenvalue weighted by molar-refractivity contribution is 0.0945. The van der Waals surface area contributed by atoms with Crippen LogP contribution in [-0.4, -0.2) is 36.8 Å². The predicted octanol–water partition coefficient (Wildman–Crippen LogP) is 2.63. The molecular weight excluding hydrogens is 412 g/mol. The van der Waals surface area contributed by atoms with Crippen molar-refractivity contribution in [3.63, 3.8) is 0 Å². The quantitative estimate of drug-likeness (QED) is 0.498. The number of amides is 1. The molecule has 0 atom stereocenters. The minimum atomic E-state index is -0.598. The first-order valence-electron chi connectivity index (χ1n) is 7.07. The summed E-state index contributed by atoms with van der Waals surface area (Å²) in [5, 5.41) is 18.2. The van der Waals surface area contributed by atoms with Gasteiger partial charge >= 0.3 is 5.91 Å². The molecule has 2 N–H and O–H groups in total. The third kappa shape index (κ3) is 3.62. The summed E-state index contributed by atoms with van der Waals surface area (Å²) in [4.78, 5) is 20.4. The maximum absolute atomic E-state index is 12.1. The fourth-order valence-corrected chi connectivity index (χ4v) is 2.99. The molecule has 0 saturated heterocycles. The zero-order chi connectivity index (χ0) is 18.1. The van der Waals surface area contributed by atoms with Crippen molar-refractivity contribution in [3.05, 3.63) is 50.5 Å². The first-order valence-corrected chi connectivity index (χ1v) is 8.24. The van der Waals surface area contributed by atoms with Gasteiger partial charge in [-0.3, -0.25) is 4.79 Å². The van der Waals surface area contributed by atoms with Gasteiger partial charge in [-0.25, -0.2) is 14.9 Å². The number of halogens is 2. The van der Waals surface area contributed by atoms with Crippen LogP contribution in [0.25, 0.3) is 5.78 Å². The molecule has 10 heteroatoms. The molecule has 0 spiro atoms. The minimum absolute atomic E-state index is 0.0384. The first kappa shape index (κ1) is 17.3. The number of hydrogen-bond acceptors (Lipinski definition) is 6. The highest BCUT2D eigenvalue weighted by atomic mass is 79.9. The topological polar surface area (TPSA) is 105 Å². The zero-order valence-corrected chi connectivity index (χ0v) is 15.5. The molecule has 0 fully saturated rings. The van der Waals surface area contributed by atoms with E-state index in [-0.39, 0.29) is 11.6 Å². The van der Waals surface area contributed by atoms with Crippen LogP contribution in [-0.2, 0) is 0 Å². The molecule has 0 saturated carbocycles. The number of carbonyl (C=O) groups excluding carboxylic acids is 1. The second-order valence-electron chi connectivity index (χ2n) is 5.21. The number of benzene rings is 1. The van der Waals surface area contributed by atoms with E-state index in [1.165, 1.54) is 16.8 Å². The molecule has 3 aromatic rings. The second kappa shape index (κ2) is 6.77. The average Bonchev–Trinajstić information content (AvgIpc) is 2.96. The lowest BCUT2D eigenvalue weighted by Gasteiger charge is -2.02. The third-order valence-electron chi connectivity index (χ3n) is 3.25. The van der Waals surface area contributed by atoms with Crippen molar-refractivity contribution >= 4 is 45.4 Å². The van der Waals surface area contributed by atoms with Crippen LogP contribution in [0.15, 0.2) is 27.8 Å². The summed E-state index contributed by atoms with van der Waals surface area (Å²) in [6, 6.07) is 4.89. The maximum Gasteiger partial charge on any atom is 0.311 e. The molecule has 0 unspecified atom stereocenters. The number of carbonyl (C=O) groups is 1. The van der Waals surface area contributed by atoms with Crippen LogP contribution in [0.1, 0.15) is 27.6 Å². The Morgan fingerprint density at radius 2 is 2.12 bits per heavy atom. The van der Waals surface area contributed by atoms with Crippen LogP contribution < -0.4 is 5.43 Å². The SMILES string of the molecule is Cc1cc(C)n2nc(C(=O)N/N=C/c3cc(Cl)cc(Br)c3O)nc2n1. The number of phenolic OH excluding ortho intramolecular Hbond substituents is 1. The summed E-state index contributed by atoms with van der Waals surface area (Å²) in [6.45, 7) is 3.68. The van der Waals surface area contributed by atoms with Crippen LogP contribution in [0.5, 0.6) is 5.75 Å². The van der Waals surface area contributed by atoms with Gasteiger partial charge < -0.3 is 5.11 Å². The molecule has 25 heavy (non-hydrogen) atoms. The summed E-state index contributed by atoms with van der Waals surface area (Å²) in [5.41, 5.74) is 4.24. The highest BCUT2D eigenvalue weighted by Crippen LogP contribution is 2.30. The maximum atomic E-state index is 12.1. The highest BCUT2D eigenvalue weighted by molar-refractivity contribution is 9.10. The fraction of sp³-hybridized carbons (Fsp3) is 0.133. The molecule has 0 aliphatic heterocycles. The number of rotatable bonds is 3. The third-order valence-corrected chi connectivity index (χ3v) is 4.07. The van der Waals surface area contributed by atoms with E-state index in [0.29, 0.717) is 20.8 Å². The summed E-state index contributed by atoms with van der Waals surface area (Å²) in [7, 11) is 0. The van der Waals surface area contributed by atoms with Gasteiger partial charge in [-0.15, -0.1) is 5.10 Å². The Balaban J connectivity index is 1.80. The van der Waals surface area contributed by atoms with Gasteiger partial charge in [-0.1, -0.05) is 11.6 Å². The normalized spacial score (nSPS) is 11.4. The van der Waals surface area contributed by atoms with E-state index < -0.39 is 5.91 Å². The van der Waals surface area contributed by atoms with Gasteiger partial charge in [-0.05, 0) is 48.0 Å². The fourth-order valence-electron chi connectivity index (χ4n) is 2.16. The van der Waals surface area contributed by atoms with Gasteiger partial charge in [0.25, 0.3) is 5.78 Å². The number of hydrogen-bond donors (Lipinski definition) is 2. The van der Waals surface area contributed by atoms with Gasteiger partial charge in [-0.2, -0.15) is 10.1 Å². The van der Waals surface area contributed by atoms with Crippen molar-refractivity contribution in [2.45, 2.75) is 13.8 Å². The van der Waals surface area contributed by atoms with E-state index in [0.717, 1.165) is 11.4 Å². The lowest BCUT2D eigenvalue weighted by Crippen LogP contribution is -2.19. The molecule has 2 heterocycles. The molecule has 128 valence electrons. The lowest BCUT2D eigenvalue weighted by atomic mass is 10.2. The van der Waals surface area contributed by atoms with Gasteiger partial charge in [0, 0.05) is 22.0 Å². The molecule has 8 nitrogen and oxygen atoms in total. The standard InChI is InChI=1S/C15H12BrClN6O2/c1-7-3-8(2)23-15(19-7)20-13(22-23)14(25)21-18-6-9-4-10(17)5-11(16)12(9)24/h3-6,24H,1-2H3,(H,21,25)/b18-6+. The van der Waals surface area contributed by atoms with E-state index >= 15 is 0 Å². The molecular formula is C15H12BrClN6O2. The van der Waals surface area contributed by atoms with E-state index in [9.17, 15) is 9.90 Å². The first-order chi connectivity index (χ1) is 11.8. The van der Waals surface area contributed by atoms with Crippen LogP contribution in [0.3, 0.4) is 0 Å². The Labute approximate surface area is 155 Å². The number of fused-ring (bicyclic) bond motifs is 1.